The molecule has 0 bridgehead atoms. The van der Waals surface area contributed by atoms with Gasteiger partial charge in [0.15, 0.2) is 0 Å². The second-order valence-corrected chi connectivity index (χ2v) is 4.94. The first-order chi connectivity index (χ1) is 9.38. The molecule has 2 nitrogen and oxygen atoms in total. The third-order valence-corrected chi connectivity index (χ3v) is 3.35. The molecule has 0 aliphatic heterocycles. The lowest BCUT2D eigenvalue weighted by atomic mass is 10.1. The van der Waals surface area contributed by atoms with Crippen molar-refractivity contribution in [2.75, 3.05) is 6.54 Å². The van der Waals surface area contributed by atoms with Gasteiger partial charge in [-0.05, 0) is 30.5 Å². The van der Waals surface area contributed by atoms with Crippen molar-refractivity contribution in [3.63, 3.8) is 0 Å². The van der Waals surface area contributed by atoms with Crippen LogP contribution in [0.3, 0.4) is 0 Å². The Balaban J connectivity index is 2.57. The molecule has 0 fully saturated rings. The van der Waals surface area contributed by atoms with Gasteiger partial charge in [-0.1, -0.05) is 32.4 Å². The average Bonchev–Trinajstić information content (AvgIpc) is 2.42. The molecule has 0 saturated carbocycles. The number of halogens is 3. The van der Waals surface area contributed by atoms with Crippen molar-refractivity contribution in [1.29, 1.82) is 0 Å². The predicted octanol–water partition coefficient (Wildman–Crippen LogP) is 3.91. The highest BCUT2D eigenvalue weighted by molar-refractivity contribution is 5.26. The molecule has 1 aromatic rings. The van der Waals surface area contributed by atoms with Crippen LogP contribution in [-0.2, 0) is 6.18 Å². The van der Waals surface area contributed by atoms with Crippen molar-refractivity contribution in [3.8, 4) is 0 Å². The number of alkyl halides is 3. The maximum Gasteiger partial charge on any atom is 0.416 e. The van der Waals surface area contributed by atoms with Gasteiger partial charge in [0.2, 0.25) is 0 Å². The molecular formula is C15H22F3NO. The maximum absolute atomic E-state index is 12.4. The second-order valence-electron chi connectivity index (χ2n) is 4.94. The predicted molar refractivity (Wildman–Crippen MR) is 73.4 cm³/mol. The molecule has 0 aliphatic rings. The summed E-state index contributed by atoms with van der Waals surface area (Å²) < 4.78 is 37.3. The van der Waals surface area contributed by atoms with Gasteiger partial charge in [0.25, 0.3) is 0 Å². The van der Waals surface area contributed by atoms with Crippen molar-refractivity contribution in [2.24, 2.45) is 0 Å². The van der Waals surface area contributed by atoms with Crippen LogP contribution in [0.2, 0.25) is 0 Å². The van der Waals surface area contributed by atoms with Gasteiger partial charge < -0.3 is 10.4 Å². The summed E-state index contributed by atoms with van der Waals surface area (Å²) >= 11 is 0. The lowest BCUT2D eigenvalue weighted by Gasteiger charge is -2.19. The fourth-order valence-corrected chi connectivity index (χ4v) is 2.09. The first-order valence-corrected chi connectivity index (χ1v) is 6.97. The van der Waals surface area contributed by atoms with Crippen LogP contribution in [0.1, 0.15) is 50.3 Å². The molecule has 114 valence electrons. The monoisotopic (exact) mass is 289 g/mol. The Kier molecular flexibility index (Phi) is 6.49. The topological polar surface area (TPSA) is 32.3 Å². The molecule has 0 amide bonds. The highest BCUT2D eigenvalue weighted by atomic mass is 19.4. The molecule has 5 heteroatoms. The lowest BCUT2D eigenvalue weighted by Crippen LogP contribution is -2.32. The van der Waals surface area contributed by atoms with Crippen LogP contribution < -0.4 is 5.32 Å². The number of hydrogen-bond acceptors (Lipinski definition) is 2. The zero-order valence-corrected chi connectivity index (χ0v) is 11.9. The van der Waals surface area contributed by atoms with Gasteiger partial charge in [-0.25, -0.2) is 0 Å². The Hall–Kier alpha value is -1.07. The molecule has 0 radical (unpaired) electrons. The summed E-state index contributed by atoms with van der Waals surface area (Å²) in [5.74, 6) is 0. The summed E-state index contributed by atoms with van der Waals surface area (Å²) in [6, 6.07) is 5.00. The van der Waals surface area contributed by atoms with E-state index in [0.29, 0.717) is 18.2 Å². The fourth-order valence-electron chi connectivity index (χ4n) is 2.09. The maximum atomic E-state index is 12.4. The van der Waals surface area contributed by atoms with Crippen LogP contribution in [0.15, 0.2) is 24.3 Å². The van der Waals surface area contributed by atoms with Crippen LogP contribution in [0, 0.1) is 0 Å². The number of hydrogen-bond donors (Lipinski definition) is 2. The lowest BCUT2D eigenvalue weighted by molar-refractivity contribution is -0.137. The number of nitrogens with one attached hydrogen (secondary N) is 1. The largest absolute Gasteiger partial charge is 0.416 e. The summed E-state index contributed by atoms with van der Waals surface area (Å²) in [4.78, 5) is 0. The van der Waals surface area contributed by atoms with Crippen LogP contribution in [0.25, 0.3) is 0 Å². The van der Waals surface area contributed by atoms with Crippen LogP contribution >= 0.6 is 0 Å². The van der Waals surface area contributed by atoms with Crippen LogP contribution in [0.5, 0.6) is 0 Å². The third kappa shape index (κ3) is 5.13. The van der Waals surface area contributed by atoms with Gasteiger partial charge in [-0.2, -0.15) is 13.2 Å². The fraction of sp³-hybridized carbons (Fsp3) is 0.600. The minimum Gasteiger partial charge on any atom is -0.387 e. The summed E-state index contributed by atoms with van der Waals surface area (Å²) in [5, 5.41) is 13.2. The van der Waals surface area contributed by atoms with E-state index in [-0.39, 0.29) is 0 Å². The molecule has 1 aromatic carbocycles. The highest BCUT2D eigenvalue weighted by Crippen LogP contribution is 2.29. The van der Waals surface area contributed by atoms with Crippen molar-refractivity contribution in [3.05, 3.63) is 35.4 Å². The first kappa shape index (κ1) is 17.0. The molecule has 0 aliphatic carbocycles. The molecule has 0 aromatic heterocycles. The summed E-state index contributed by atoms with van der Waals surface area (Å²) in [5.41, 5.74) is -0.198. The number of aliphatic hydroxyl groups excluding tert-OH is 1. The molecule has 2 atom stereocenters. The minimum absolute atomic E-state index is 0.337. The number of rotatable bonds is 7. The van der Waals surface area contributed by atoms with E-state index in [1.54, 1.807) is 0 Å². The van der Waals surface area contributed by atoms with E-state index in [1.165, 1.54) is 12.1 Å². The quantitative estimate of drug-likeness (QED) is 0.797. The van der Waals surface area contributed by atoms with E-state index < -0.39 is 17.8 Å². The van der Waals surface area contributed by atoms with Crippen molar-refractivity contribution in [2.45, 2.75) is 51.4 Å². The highest BCUT2D eigenvalue weighted by Gasteiger charge is 2.30. The van der Waals surface area contributed by atoms with Gasteiger partial charge in [0.1, 0.15) is 0 Å². The molecule has 1 rings (SSSR count). The second kappa shape index (κ2) is 7.64. The Bertz CT molecular complexity index is 389. The molecule has 0 heterocycles. The third-order valence-electron chi connectivity index (χ3n) is 3.35. The molecular weight excluding hydrogens is 267 g/mol. The van der Waals surface area contributed by atoms with E-state index in [1.807, 2.05) is 0 Å². The molecule has 20 heavy (non-hydrogen) atoms. The van der Waals surface area contributed by atoms with Crippen molar-refractivity contribution >= 4 is 0 Å². The zero-order chi connectivity index (χ0) is 15.2. The number of aliphatic hydroxyl groups is 1. The standard InChI is InChI=1S/C15H22F3NO/c1-3-5-13(4-2)19-10-14(20)11-6-8-12(9-7-11)15(16,17)18/h6-9,13-14,19-20H,3-5,10H2,1-2H3. The van der Waals surface area contributed by atoms with Crippen LogP contribution in [-0.4, -0.2) is 17.7 Å². The Morgan fingerprint density at radius 2 is 1.75 bits per heavy atom. The van der Waals surface area contributed by atoms with E-state index in [9.17, 15) is 18.3 Å². The summed E-state index contributed by atoms with van der Waals surface area (Å²) in [7, 11) is 0. The van der Waals surface area contributed by atoms with Gasteiger partial charge in [-0.3, -0.25) is 0 Å². The Morgan fingerprint density at radius 3 is 2.20 bits per heavy atom. The van der Waals surface area contributed by atoms with E-state index >= 15 is 0 Å². The van der Waals surface area contributed by atoms with Crippen molar-refractivity contribution < 1.29 is 18.3 Å². The smallest absolute Gasteiger partial charge is 0.387 e. The van der Waals surface area contributed by atoms with Gasteiger partial charge in [0.05, 0.1) is 11.7 Å². The van der Waals surface area contributed by atoms with E-state index in [4.69, 9.17) is 0 Å². The van der Waals surface area contributed by atoms with E-state index in [0.717, 1.165) is 31.4 Å². The molecule has 2 unspecified atom stereocenters. The van der Waals surface area contributed by atoms with Crippen molar-refractivity contribution in [1.82, 2.24) is 5.32 Å². The Morgan fingerprint density at radius 1 is 1.15 bits per heavy atom. The normalized spacial score (nSPS) is 15.1. The Labute approximate surface area is 118 Å². The first-order valence-electron chi connectivity index (χ1n) is 6.97. The molecule has 0 spiro atoms. The summed E-state index contributed by atoms with van der Waals surface area (Å²) in [6.07, 6.45) is -2.08. The average molecular weight is 289 g/mol. The van der Waals surface area contributed by atoms with Gasteiger partial charge in [0, 0.05) is 12.6 Å². The summed E-state index contributed by atoms with van der Waals surface area (Å²) in [6.45, 7) is 4.51. The minimum atomic E-state index is -4.34. The van der Waals surface area contributed by atoms with Gasteiger partial charge >= 0.3 is 6.18 Å². The van der Waals surface area contributed by atoms with Crippen LogP contribution in [0.4, 0.5) is 13.2 Å². The van der Waals surface area contributed by atoms with E-state index in [2.05, 4.69) is 19.2 Å². The molecule has 2 N–H and O–H groups in total. The van der Waals surface area contributed by atoms with Gasteiger partial charge in [-0.15, -0.1) is 0 Å². The SMILES string of the molecule is CCCC(CC)NCC(O)c1ccc(C(F)(F)F)cc1. The molecule has 0 saturated heterocycles. The number of benzene rings is 1. The zero-order valence-electron chi connectivity index (χ0n) is 11.9.